The lowest BCUT2D eigenvalue weighted by atomic mass is 10.0. The van der Waals surface area contributed by atoms with E-state index in [0.29, 0.717) is 20.9 Å². The highest BCUT2D eigenvalue weighted by atomic mass is 35.5. The molecule has 0 spiro atoms. The summed E-state index contributed by atoms with van der Waals surface area (Å²) in [4.78, 5) is 1.91. The van der Waals surface area contributed by atoms with Gasteiger partial charge in [-0.25, -0.2) is 4.39 Å². The van der Waals surface area contributed by atoms with Crippen LogP contribution in [0.2, 0.25) is 5.02 Å². The number of halogens is 2. The summed E-state index contributed by atoms with van der Waals surface area (Å²) < 4.78 is 14.9. The molecule has 0 aliphatic heterocycles. The van der Waals surface area contributed by atoms with Gasteiger partial charge in [-0.2, -0.15) is 0 Å². The summed E-state index contributed by atoms with van der Waals surface area (Å²) >= 11 is 9.06. The number of nitrogens with zero attached hydrogens (tertiary/aromatic N) is 3. The topological polar surface area (TPSA) is 50.9 Å². The lowest BCUT2D eigenvalue weighted by molar-refractivity contribution is 0.113. The van der Waals surface area contributed by atoms with Crippen LogP contribution in [0, 0.1) is 5.82 Å². The van der Waals surface area contributed by atoms with E-state index < -0.39 is 5.82 Å². The summed E-state index contributed by atoms with van der Waals surface area (Å²) in [7, 11) is 0. The molecule has 0 saturated heterocycles. The van der Waals surface area contributed by atoms with E-state index in [9.17, 15) is 9.60 Å². The standard InChI is InChI=1S/C14H7ClFN3OS2/c15-11-9(7-3-1-5-21-7)13-14(18-19(20)17-13)10(12(11)16)8-4-2-6-22-8/h1-6,20H. The summed E-state index contributed by atoms with van der Waals surface area (Å²) in [5.41, 5.74) is 1.37. The third-order valence-electron chi connectivity index (χ3n) is 3.24. The van der Waals surface area contributed by atoms with Crippen molar-refractivity contribution >= 4 is 45.3 Å². The SMILES string of the molecule is On1nc2c(-c3cccs3)c(F)c(Cl)c(-c3cccs3)c2n1. The number of hydrogen-bond donors (Lipinski definition) is 1. The van der Waals surface area contributed by atoms with Gasteiger partial charge in [-0.3, -0.25) is 0 Å². The predicted molar refractivity (Wildman–Crippen MR) is 86.3 cm³/mol. The van der Waals surface area contributed by atoms with Crippen LogP contribution in [0.3, 0.4) is 0 Å². The fraction of sp³-hybridized carbons (Fsp3) is 0. The van der Waals surface area contributed by atoms with Crippen LogP contribution in [0.15, 0.2) is 35.0 Å². The molecule has 0 atom stereocenters. The molecule has 0 aliphatic rings. The quantitative estimate of drug-likeness (QED) is 0.521. The molecule has 110 valence electrons. The normalized spacial score (nSPS) is 11.4. The molecule has 0 unspecified atom stereocenters. The minimum absolute atomic E-state index is 0.0150. The highest BCUT2D eigenvalue weighted by molar-refractivity contribution is 7.14. The number of thiophene rings is 2. The lowest BCUT2D eigenvalue weighted by Crippen LogP contribution is -1.93. The van der Waals surface area contributed by atoms with Crippen LogP contribution in [0.4, 0.5) is 4.39 Å². The Balaban J connectivity index is 2.17. The van der Waals surface area contributed by atoms with Crippen LogP contribution in [0.5, 0.6) is 0 Å². The minimum Gasteiger partial charge on any atom is -0.396 e. The molecule has 4 nitrogen and oxygen atoms in total. The second kappa shape index (κ2) is 5.05. The molecule has 0 fully saturated rings. The zero-order valence-corrected chi connectivity index (χ0v) is 13.2. The minimum atomic E-state index is -0.555. The number of aromatic nitrogens is 3. The third kappa shape index (κ3) is 1.93. The summed E-state index contributed by atoms with van der Waals surface area (Å²) in [5, 5.41) is 21.2. The fourth-order valence-electron chi connectivity index (χ4n) is 2.35. The van der Waals surface area contributed by atoms with E-state index in [2.05, 4.69) is 10.2 Å². The van der Waals surface area contributed by atoms with E-state index in [1.807, 2.05) is 29.0 Å². The van der Waals surface area contributed by atoms with Crippen LogP contribution >= 0.6 is 34.3 Å². The van der Waals surface area contributed by atoms with Crippen molar-refractivity contribution in [1.82, 2.24) is 15.2 Å². The van der Waals surface area contributed by atoms with Crippen molar-refractivity contribution in [1.29, 1.82) is 0 Å². The van der Waals surface area contributed by atoms with Crippen molar-refractivity contribution in [3.63, 3.8) is 0 Å². The molecule has 3 aromatic heterocycles. The second-order valence-electron chi connectivity index (χ2n) is 4.50. The average Bonchev–Trinajstić information content (AvgIpc) is 3.21. The van der Waals surface area contributed by atoms with E-state index in [1.54, 1.807) is 6.07 Å². The Hall–Kier alpha value is -1.96. The smallest absolute Gasteiger partial charge is 0.153 e. The molecule has 4 rings (SSSR count). The summed E-state index contributed by atoms with van der Waals surface area (Å²) in [5.74, 6) is -0.555. The Morgan fingerprint density at radius 2 is 1.55 bits per heavy atom. The average molecular weight is 352 g/mol. The molecule has 1 aromatic carbocycles. The molecule has 0 aliphatic carbocycles. The van der Waals surface area contributed by atoms with E-state index >= 15 is 0 Å². The van der Waals surface area contributed by atoms with Crippen LogP contribution in [-0.4, -0.2) is 20.4 Å². The zero-order valence-electron chi connectivity index (χ0n) is 10.8. The Labute approximate surface area is 137 Å². The molecule has 4 aromatic rings. The summed E-state index contributed by atoms with van der Waals surface area (Å²) in [6.45, 7) is 0. The van der Waals surface area contributed by atoms with Crippen molar-refractivity contribution in [2.45, 2.75) is 0 Å². The Bertz CT molecular complexity index is 887. The van der Waals surface area contributed by atoms with E-state index in [-0.39, 0.29) is 16.1 Å². The van der Waals surface area contributed by atoms with Crippen LogP contribution in [-0.2, 0) is 0 Å². The molecule has 22 heavy (non-hydrogen) atoms. The van der Waals surface area contributed by atoms with Gasteiger partial charge in [0.1, 0.15) is 11.0 Å². The number of fused-ring (bicyclic) bond motifs is 1. The van der Waals surface area contributed by atoms with E-state index in [1.165, 1.54) is 22.7 Å². The maximum Gasteiger partial charge on any atom is 0.153 e. The highest BCUT2D eigenvalue weighted by Crippen LogP contribution is 2.44. The molecular formula is C14H7ClFN3OS2. The van der Waals surface area contributed by atoms with Crippen LogP contribution in [0.1, 0.15) is 0 Å². The molecule has 3 heterocycles. The van der Waals surface area contributed by atoms with Crippen molar-refractivity contribution < 1.29 is 9.60 Å². The van der Waals surface area contributed by atoms with Crippen LogP contribution in [0.25, 0.3) is 31.9 Å². The Morgan fingerprint density at radius 1 is 1.00 bits per heavy atom. The molecule has 1 N–H and O–H groups in total. The third-order valence-corrected chi connectivity index (χ3v) is 5.37. The monoisotopic (exact) mass is 351 g/mol. The first-order valence-electron chi connectivity index (χ1n) is 6.22. The molecule has 0 radical (unpaired) electrons. The first-order chi connectivity index (χ1) is 10.7. The molecule has 0 bridgehead atoms. The number of hydrogen-bond acceptors (Lipinski definition) is 5. The largest absolute Gasteiger partial charge is 0.396 e. The Morgan fingerprint density at radius 3 is 2.09 bits per heavy atom. The van der Waals surface area contributed by atoms with E-state index in [0.717, 1.165) is 4.88 Å². The van der Waals surface area contributed by atoms with Gasteiger partial charge in [-0.1, -0.05) is 23.7 Å². The highest BCUT2D eigenvalue weighted by Gasteiger charge is 2.25. The summed E-state index contributed by atoms with van der Waals surface area (Å²) in [6, 6.07) is 7.26. The van der Waals surface area contributed by atoms with Crippen molar-refractivity contribution in [3.8, 4) is 20.9 Å². The number of rotatable bonds is 2. The van der Waals surface area contributed by atoms with Crippen molar-refractivity contribution in [2.24, 2.45) is 0 Å². The second-order valence-corrected chi connectivity index (χ2v) is 6.77. The van der Waals surface area contributed by atoms with Crippen molar-refractivity contribution in [3.05, 3.63) is 45.9 Å². The van der Waals surface area contributed by atoms with Crippen molar-refractivity contribution in [2.75, 3.05) is 0 Å². The van der Waals surface area contributed by atoms with Gasteiger partial charge in [0.2, 0.25) is 0 Å². The van der Waals surface area contributed by atoms with Crippen LogP contribution < -0.4 is 0 Å². The molecule has 0 saturated carbocycles. The maximum absolute atomic E-state index is 14.9. The van der Waals surface area contributed by atoms with Gasteiger partial charge < -0.3 is 5.21 Å². The van der Waals surface area contributed by atoms with E-state index in [4.69, 9.17) is 11.6 Å². The summed E-state index contributed by atoms with van der Waals surface area (Å²) in [6.07, 6.45) is 0. The van der Waals surface area contributed by atoms with Gasteiger partial charge in [0.25, 0.3) is 0 Å². The zero-order chi connectivity index (χ0) is 15.3. The first-order valence-corrected chi connectivity index (χ1v) is 8.35. The van der Waals surface area contributed by atoms with Gasteiger partial charge in [-0.05, 0) is 27.9 Å². The van der Waals surface area contributed by atoms with Gasteiger partial charge in [0, 0.05) is 15.3 Å². The Kier molecular flexibility index (Phi) is 3.14. The van der Waals surface area contributed by atoms with Gasteiger partial charge in [-0.15, -0.1) is 32.9 Å². The predicted octanol–water partition coefficient (Wildman–Crippen LogP) is 4.92. The van der Waals surface area contributed by atoms with Gasteiger partial charge in [0.05, 0.1) is 10.6 Å². The number of benzene rings is 1. The molecule has 0 amide bonds. The fourth-order valence-corrected chi connectivity index (χ4v) is 4.24. The first kappa shape index (κ1) is 13.7. The lowest BCUT2D eigenvalue weighted by Gasteiger charge is -2.08. The molecular weight excluding hydrogens is 345 g/mol. The van der Waals surface area contributed by atoms with Gasteiger partial charge in [0.15, 0.2) is 5.82 Å². The maximum atomic E-state index is 14.9. The van der Waals surface area contributed by atoms with Gasteiger partial charge >= 0.3 is 0 Å². The molecule has 8 heteroatoms.